The van der Waals surface area contributed by atoms with Crippen LogP contribution in [0.3, 0.4) is 0 Å². The Bertz CT molecular complexity index is 138. The van der Waals surface area contributed by atoms with Gasteiger partial charge in [-0.05, 0) is 0 Å². The molecule has 0 aromatic carbocycles. The van der Waals surface area contributed by atoms with Gasteiger partial charge in [0.25, 0.3) is 20.4 Å². The van der Waals surface area contributed by atoms with Crippen LogP contribution >= 0.6 is 0 Å². The molecule has 1 aliphatic rings. The summed E-state index contributed by atoms with van der Waals surface area (Å²) >= 11 is 2.07. The van der Waals surface area contributed by atoms with Crippen LogP contribution in [0, 0.1) is 0 Å². The van der Waals surface area contributed by atoms with Gasteiger partial charge in [0.1, 0.15) is 0 Å². The SMILES string of the molecule is [C]=O.[C]=O.[C]=O.[Mo][C]1=CC=CC1. The van der Waals surface area contributed by atoms with Crippen LogP contribution in [-0.2, 0) is 34.2 Å². The van der Waals surface area contributed by atoms with Crippen molar-refractivity contribution in [1.82, 2.24) is 0 Å². The van der Waals surface area contributed by atoms with Gasteiger partial charge in [0.2, 0.25) is 0 Å². The van der Waals surface area contributed by atoms with Crippen molar-refractivity contribution < 1.29 is 34.2 Å². The molecule has 0 aromatic rings. The molecule has 0 spiro atoms. The van der Waals surface area contributed by atoms with Crippen LogP contribution in [0.1, 0.15) is 6.42 Å². The second kappa shape index (κ2) is 22.5. The van der Waals surface area contributed by atoms with Gasteiger partial charge in [-0.25, -0.2) is 0 Å². The molecule has 4 heteroatoms. The van der Waals surface area contributed by atoms with E-state index in [1.165, 1.54) is 10.4 Å². The molecule has 0 amide bonds. The molecule has 1 rings (SSSR count). The second-order valence-corrected chi connectivity index (χ2v) is 2.55. The molecule has 0 bridgehead atoms. The molecule has 0 unspecified atom stereocenters. The van der Waals surface area contributed by atoms with E-state index in [0.717, 1.165) is 0 Å². The van der Waals surface area contributed by atoms with Crippen molar-refractivity contribution in [2.45, 2.75) is 6.42 Å². The van der Waals surface area contributed by atoms with E-state index in [-0.39, 0.29) is 0 Å². The standard InChI is InChI=1S/C5H5.3CO.Mo/c1-2-4-5-3-1;3*1-2;/h1-3H,4H2;;;;. The summed E-state index contributed by atoms with van der Waals surface area (Å²) in [5, 5.41) is 0. The molecular formula is C8H5MoO3. The van der Waals surface area contributed by atoms with E-state index in [1.807, 2.05) is 0 Å². The van der Waals surface area contributed by atoms with Crippen LogP contribution in [0.2, 0.25) is 0 Å². The van der Waals surface area contributed by atoms with E-state index in [4.69, 9.17) is 14.4 Å². The zero-order valence-corrected chi connectivity index (χ0v) is 8.08. The Morgan fingerprint density at radius 2 is 1.50 bits per heavy atom. The fourth-order valence-corrected chi connectivity index (χ4v) is 0.857. The molecular weight excluding hydrogens is 240 g/mol. The minimum absolute atomic E-state index is 1.17. The van der Waals surface area contributed by atoms with Crippen LogP contribution in [0.4, 0.5) is 0 Å². The van der Waals surface area contributed by atoms with Gasteiger partial charge in [-0.15, -0.1) is 0 Å². The van der Waals surface area contributed by atoms with Gasteiger partial charge >= 0.3 is 48.4 Å². The summed E-state index contributed by atoms with van der Waals surface area (Å²) in [5.74, 6) is 0. The molecule has 61 valence electrons. The summed E-state index contributed by atoms with van der Waals surface area (Å²) in [6.45, 7) is 13.5. The van der Waals surface area contributed by atoms with Crippen molar-refractivity contribution in [2.75, 3.05) is 0 Å². The first-order valence-corrected chi connectivity index (χ1v) is 3.54. The summed E-state index contributed by atoms with van der Waals surface area (Å²) in [6.07, 6.45) is 7.57. The van der Waals surface area contributed by atoms with E-state index in [1.54, 1.807) is 0 Å². The van der Waals surface area contributed by atoms with Gasteiger partial charge in [0.05, 0.1) is 0 Å². The van der Waals surface area contributed by atoms with Crippen molar-refractivity contribution in [1.29, 1.82) is 0 Å². The Labute approximate surface area is 83.4 Å². The molecule has 1 aliphatic carbocycles. The maximum absolute atomic E-state index is 7.50. The molecule has 0 N–H and O–H groups in total. The van der Waals surface area contributed by atoms with E-state index >= 15 is 0 Å². The average Bonchev–Trinajstić information content (AvgIpc) is 2.66. The molecule has 0 aromatic heterocycles. The van der Waals surface area contributed by atoms with Gasteiger partial charge in [0.15, 0.2) is 0 Å². The zero-order valence-electron chi connectivity index (χ0n) is 6.07. The van der Waals surface area contributed by atoms with Gasteiger partial charge in [-0.3, -0.25) is 14.4 Å². The average molecular weight is 245 g/mol. The Balaban J connectivity index is -0.000000117. The van der Waals surface area contributed by atoms with Crippen LogP contribution in [0.5, 0.6) is 0 Å². The van der Waals surface area contributed by atoms with Gasteiger partial charge in [-0.2, -0.15) is 0 Å². The Morgan fingerprint density at radius 3 is 1.58 bits per heavy atom. The predicted molar refractivity (Wildman–Crippen MR) is 38.9 cm³/mol. The molecule has 0 fully saturated rings. The number of hydrogen-bond donors (Lipinski definition) is 0. The van der Waals surface area contributed by atoms with Crippen LogP contribution in [-0.4, -0.2) is 20.4 Å². The van der Waals surface area contributed by atoms with E-state index < -0.39 is 0 Å². The maximum atomic E-state index is 7.50. The molecule has 0 saturated heterocycles. The molecule has 0 aliphatic heterocycles. The summed E-state index contributed by atoms with van der Waals surface area (Å²) in [6, 6.07) is 0. The quantitative estimate of drug-likeness (QED) is 0.572. The van der Waals surface area contributed by atoms with E-state index in [9.17, 15) is 0 Å². The van der Waals surface area contributed by atoms with Crippen molar-refractivity contribution in [3.05, 3.63) is 22.2 Å². The van der Waals surface area contributed by atoms with Crippen molar-refractivity contribution in [2.24, 2.45) is 0 Å². The van der Waals surface area contributed by atoms with Crippen molar-refractivity contribution in [3.8, 4) is 0 Å². The first kappa shape index (κ1) is 17.3. The monoisotopic (exact) mass is 247 g/mol. The van der Waals surface area contributed by atoms with Crippen LogP contribution < -0.4 is 0 Å². The predicted octanol–water partition coefficient (Wildman–Crippen LogP) is 0.186. The third-order valence-corrected chi connectivity index (χ3v) is 1.48. The van der Waals surface area contributed by atoms with E-state index in [0.29, 0.717) is 0 Å². The zero-order chi connectivity index (χ0) is 10.4. The summed E-state index contributed by atoms with van der Waals surface area (Å²) in [7, 11) is 0. The third kappa shape index (κ3) is 16.1. The topological polar surface area (TPSA) is 51.2 Å². The van der Waals surface area contributed by atoms with Gasteiger partial charge < -0.3 is 0 Å². The molecule has 0 atom stereocenters. The third-order valence-electron chi connectivity index (χ3n) is 0.737. The summed E-state index contributed by atoms with van der Waals surface area (Å²) < 4.78 is 1.48. The van der Waals surface area contributed by atoms with Crippen LogP contribution in [0.15, 0.2) is 22.2 Å². The Hall–Kier alpha value is -0.822. The number of carbonyl (C=O) groups excluding carboxylic acids is 3. The van der Waals surface area contributed by atoms with Crippen molar-refractivity contribution in [3.63, 3.8) is 0 Å². The summed E-state index contributed by atoms with van der Waals surface area (Å²) in [5.41, 5.74) is 0. The molecule has 0 saturated carbocycles. The number of allylic oxidation sites excluding steroid dienone is 4. The fraction of sp³-hybridized carbons (Fsp3) is 0.125. The molecule has 3 nitrogen and oxygen atoms in total. The summed E-state index contributed by atoms with van der Waals surface area (Å²) in [4.78, 5) is 22.5. The number of rotatable bonds is 0. The Morgan fingerprint density at radius 1 is 1.08 bits per heavy atom. The van der Waals surface area contributed by atoms with E-state index in [2.05, 4.69) is 58.4 Å². The first-order valence-electron chi connectivity index (χ1n) is 2.53. The molecule has 12 heavy (non-hydrogen) atoms. The van der Waals surface area contributed by atoms with Crippen LogP contribution in [0.25, 0.3) is 0 Å². The first-order chi connectivity index (χ1) is 5.89. The fourth-order valence-electron chi connectivity index (χ4n) is 0.428. The normalized spacial score (nSPS) is 10.2. The minimum atomic E-state index is 1.17. The molecule has 0 heterocycles. The van der Waals surface area contributed by atoms with Gasteiger partial charge in [-0.1, -0.05) is 0 Å². The van der Waals surface area contributed by atoms with Gasteiger partial charge in [0, 0.05) is 0 Å². The van der Waals surface area contributed by atoms with Crippen molar-refractivity contribution >= 4 is 20.4 Å². The molecule has 6 radical (unpaired) electrons. The Kier molecular flexibility index (Phi) is 32.4. The number of hydrogen-bond acceptors (Lipinski definition) is 3. The second-order valence-electron chi connectivity index (χ2n) is 1.27.